The van der Waals surface area contributed by atoms with E-state index in [0.29, 0.717) is 11.7 Å². The Morgan fingerprint density at radius 1 is 1.31 bits per heavy atom. The molecule has 0 bridgehead atoms. The standard InChI is InChI=1S/C20H26FN5O3/c1-14-4-2-3-7-25(14)13-19(28)23-16-5-6-17(21)18(10-16)24-20(29)15-11-22-26(12-15)8-9-27/h5-6,10-12,14,27H,2-4,7-9,13H2,1H3,(H,23,28)(H,24,29). The van der Waals surface area contributed by atoms with Gasteiger partial charge < -0.3 is 15.7 Å². The molecule has 2 aromatic rings. The van der Waals surface area contributed by atoms with Crippen molar-refractivity contribution in [3.05, 3.63) is 42.0 Å². The van der Waals surface area contributed by atoms with Crippen molar-refractivity contribution in [1.29, 1.82) is 0 Å². The Morgan fingerprint density at radius 2 is 2.14 bits per heavy atom. The minimum absolute atomic E-state index is 0.0333. The summed E-state index contributed by atoms with van der Waals surface area (Å²) in [6.45, 7) is 3.45. The molecule has 9 heteroatoms. The van der Waals surface area contributed by atoms with Crippen molar-refractivity contribution in [2.45, 2.75) is 38.8 Å². The van der Waals surface area contributed by atoms with Gasteiger partial charge in [-0.2, -0.15) is 5.10 Å². The van der Waals surface area contributed by atoms with Gasteiger partial charge in [-0.05, 0) is 44.5 Å². The molecule has 3 rings (SSSR count). The fraction of sp³-hybridized carbons (Fsp3) is 0.450. The molecule has 1 unspecified atom stereocenters. The van der Waals surface area contributed by atoms with Crippen LogP contribution in [0.3, 0.4) is 0 Å². The van der Waals surface area contributed by atoms with E-state index in [-0.39, 0.29) is 36.9 Å². The number of nitrogens with zero attached hydrogens (tertiary/aromatic N) is 3. The SMILES string of the molecule is CC1CCCCN1CC(=O)Nc1ccc(F)c(NC(=O)c2cnn(CCO)c2)c1. The van der Waals surface area contributed by atoms with E-state index in [4.69, 9.17) is 5.11 Å². The number of rotatable bonds is 7. The number of nitrogens with one attached hydrogen (secondary N) is 2. The molecule has 0 saturated carbocycles. The van der Waals surface area contributed by atoms with E-state index in [1.807, 2.05) is 0 Å². The van der Waals surface area contributed by atoms with Gasteiger partial charge in [-0.1, -0.05) is 6.42 Å². The van der Waals surface area contributed by atoms with Crippen molar-refractivity contribution in [3.8, 4) is 0 Å². The van der Waals surface area contributed by atoms with Gasteiger partial charge in [0.15, 0.2) is 0 Å². The van der Waals surface area contributed by atoms with E-state index < -0.39 is 11.7 Å². The van der Waals surface area contributed by atoms with Crippen LogP contribution in [0.1, 0.15) is 36.5 Å². The summed E-state index contributed by atoms with van der Waals surface area (Å²) in [7, 11) is 0. The topological polar surface area (TPSA) is 99.5 Å². The third kappa shape index (κ3) is 5.61. The second-order valence-electron chi connectivity index (χ2n) is 7.23. The number of amides is 2. The molecule has 1 fully saturated rings. The molecule has 1 aromatic heterocycles. The molecular formula is C20H26FN5O3. The zero-order valence-electron chi connectivity index (χ0n) is 16.4. The molecule has 156 valence electrons. The largest absolute Gasteiger partial charge is 0.394 e. The minimum Gasteiger partial charge on any atom is -0.394 e. The fourth-order valence-electron chi connectivity index (χ4n) is 3.38. The monoisotopic (exact) mass is 403 g/mol. The number of carbonyl (C=O) groups excluding carboxylic acids is 2. The van der Waals surface area contributed by atoms with Crippen LogP contribution in [0, 0.1) is 5.82 Å². The van der Waals surface area contributed by atoms with Gasteiger partial charge in [-0.15, -0.1) is 0 Å². The summed E-state index contributed by atoms with van der Waals surface area (Å²) < 4.78 is 15.6. The number of halogens is 1. The Balaban J connectivity index is 1.62. The van der Waals surface area contributed by atoms with Crippen LogP contribution in [0.2, 0.25) is 0 Å². The van der Waals surface area contributed by atoms with Crippen LogP contribution in [0.5, 0.6) is 0 Å². The summed E-state index contributed by atoms with van der Waals surface area (Å²) in [6, 6.07) is 4.42. The quantitative estimate of drug-likeness (QED) is 0.657. The number of aliphatic hydroxyl groups excluding tert-OH is 1. The first-order valence-electron chi connectivity index (χ1n) is 9.74. The Hall–Kier alpha value is -2.78. The van der Waals surface area contributed by atoms with Gasteiger partial charge >= 0.3 is 0 Å². The van der Waals surface area contributed by atoms with Gasteiger partial charge in [0.2, 0.25) is 5.91 Å². The fourth-order valence-corrected chi connectivity index (χ4v) is 3.38. The van der Waals surface area contributed by atoms with E-state index in [1.165, 1.54) is 41.7 Å². The lowest BCUT2D eigenvalue weighted by molar-refractivity contribution is -0.118. The van der Waals surface area contributed by atoms with Crippen LogP contribution in [0.4, 0.5) is 15.8 Å². The molecule has 1 saturated heterocycles. The number of anilines is 2. The molecule has 1 aliphatic heterocycles. The van der Waals surface area contributed by atoms with Crippen LogP contribution in [0.25, 0.3) is 0 Å². The van der Waals surface area contributed by atoms with Gasteiger partial charge in [0.05, 0.1) is 37.1 Å². The molecule has 1 atom stereocenters. The zero-order valence-corrected chi connectivity index (χ0v) is 16.4. The molecule has 3 N–H and O–H groups in total. The molecule has 2 heterocycles. The van der Waals surface area contributed by atoms with E-state index in [9.17, 15) is 14.0 Å². The van der Waals surface area contributed by atoms with E-state index in [1.54, 1.807) is 0 Å². The normalized spacial score (nSPS) is 17.1. The number of hydrogen-bond donors (Lipinski definition) is 3. The molecule has 29 heavy (non-hydrogen) atoms. The molecule has 0 radical (unpaired) electrons. The molecule has 2 amide bonds. The second-order valence-corrected chi connectivity index (χ2v) is 7.23. The first kappa shape index (κ1) is 20.9. The Bertz CT molecular complexity index is 870. The van der Waals surface area contributed by atoms with Gasteiger partial charge in [0.1, 0.15) is 5.82 Å². The predicted octanol–water partition coefficient (Wildman–Crippen LogP) is 2.08. The lowest BCUT2D eigenvalue weighted by Crippen LogP contribution is -2.42. The van der Waals surface area contributed by atoms with E-state index in [0.717, 1.165) is 19.4 Å². The van der Waals surface area contributed by atoms with Crippen molar-refractivity contribution in [2.75, 3.05) is 30.3 Å². The van der Waals surface area contributed by atoms with Gasteiger partial charge in [-0.25, -0.2) is 4.39 Å². The van der Waals surface area contributed by atoms with Gasteiger partial charge in [0, 0.05) is 17.9 Å². The van der Waals surface area contributed by atoms with Crippen LogP contribution in [-0.2, 0) is 11.3 Å². The Kier molecular flexibility index (Phi) is 6.95. The number of carbonyl (C=O) groups is 2. The number of hydrogen-bond acceptors (Lipinski definition) is 5. The number of benzene rings is 1. The highest BCUT2D eigenvalue weighted by molar-refractivity contribution is 6.04. The van der Waals surface area contributed by atoms with E-state index in [2.05, 4.69) is 27.6 Å². The van der Waals surface area contributed by atoms with Crippen molar-refractivity contribution >= 4 is 23.2 Å². The molecule has 0 spiro atoms. The number of aliphatic hydroxyl groups is 1. The highest BCUT2D eigenvalue weighted by atomic mass is 19.1. The van der Waals surface area contributed by atoms with Crippen LogP contribution in [0.15, 0.2) is 30.6 Å². The summed E-state index contributed by atoms with van der Waals surface area (Å²) in [4.78, 5) is 26.8. The minimum atomic E-state index is -0.608. The second kappa shape index (κ2) is 9.62. The summed E-state index contributed by atoms with van der Waals surface area (Å²) in [5.41, 5.74) is 0.618. The lowest BCUT2D eigenvalue weighted by Gasteiger charge is -2.32. The molecule has 8 nitrogen and oxygen atoms in total. The average molecular weight is 403 g/mol. The zero-order chi connectivity index (χ0) is 20.8. The summed E-state index contributed by atoms with van der Waals surface area (Å²) >= 11 is 0. The Morgan fingerprint density at radius 3 is 2.90 bits per heavy atom. The van der Waals surface area contributed by atoms with Crippen LogP contribution >= 0.6 is 0 Å². The maximum atomic E-state index is 14.1. The molecule has 1 aromatic carbocycles. The number of likely N-dealkylation sites (tertiary alicyclic amines) is 1. The van der Waals surface area contributed by atoms with Crippen molar-refractivity contribution in [3.63, 3.8) is 0 Å². The third-order valence-electron chi connectivity index (χ3n) is 5.01. The van der Waals surface area contributed by atoms with Gasteiger partial charge in [0.25, 0.3) is 5.91 Å². The number of piperidine rings is 1. The van der Waals surface area contributed by atoms with Gasteiger partial charge in [-0.3, -0.25) is 19.2 Å². The molecular weight excluding hydrogens is 377 g/mol. The Labute approximate surface area is 168 Å². The summed E-state index contributed by atoms with van der Waals surface area (Å²) in [6.07, 6.45) is 6.15. The first-order valence-corrected chi connectivity index (χ1v) is 9.74. The highest BCUT2D eigenvalue weighted by Gasteiger charge is 2.20. The average Bonchev–Trinajstić information content (AvgIpc) is 3.15. The first-order chi connectivity index (χ1) is 14.0. The molecule has 0 aliphatic carbocycles. The van der Waals surface area contributed by atoms with Crippen molar-refractivity contribution in [2.24, 2.45) is 0 Å². The maximum Gasteiger partial charge on any atom is 0.258 e. The van der Waals surface area contributed by atoms with Crippen LogP contribution < -0.4 is 10.6 Å². The van der Waals surface area contributed by atoms with E-state index >= 15 is 0 Å². The van der Waals surface area contributed by atoms with Crippen molar-refractivity contribution in [1.82, 2.24) is 14.7 Å². The summed E-state index contributed by atoms with van der Waals surface area (Å²) in [5, 5.41) is 18.1. The van der Waals surface area contributed by atoms with Crippen LogP contribution in [-0.4, -0.2) is 57.3 Å². The van der Waals surface area contributed by atoms with Crippen molar-refractivity contribution < 1.29 is 19.1 Å². The third-order valence-corrected chi connectivity index (χ3v) is 5.01. The number of aromatic nitrogens is 2. The maximum absolute atomic E-state index is 14.1. The predicted molar refractivity (Wildman–Crippen MR) is 107 cm³/mol. The highest BCUT2D eigenvalue weighted by Crippen LogP contribution is 2.21. The molecule has 1 aliphatic rings. The summed E-state index contributed by atoms with van der Waals surface area (Å²) in [5.74, 6) is -1.31. The lowest BCUT2D eigenvalue weighted by atomic mass is 10.0. The smallest absolute Gasteiger partial charge is 0.258 e.